The second-order valence-corrected chi connectivity index (χ2v) is 8.32. The number of benzene rings is 2. The lowest BCUT2D eigenvalue weighted by molar-refractivity contribution is -0.123. The van der Waals surface area contributed by atoms with Gasteiger partial charge in [0.05, 0.1) is 4.90 Å². The van der Waals surface area contributed by atoms with Gasteiger partial charge in [-0.25, -0.2) is 8.42 Å². The van der Waals surface area contributed by atoms with Crippen LogP contribution < -0.4 is 14.8 Å². The predicted molar refractivity (Wildman–Crippen MR) is 107 cm³/mol. The van der Waals surface area contributed by atoms with E-state index in [-0.39, 0.29) is 23.5 Å². The van der Waals surface area contributed by atoms with Gasteiger partial charge in [-0.3, -0.25) is 9.52 Å². The standard InChI is InChI=1S/C19H23ClN2O4S/c1-4-14(3)21-19(23)12-26-18-10-9-17(11-13(18)2)27(24,25)22-16-7-5-15(20)6-8-16/h5-11,14,22H,4,12H2,1-3H3,(H,21,23)/t14-/m1/s1. The molecule has 0 fully saturated rings. The highest BCUT2D eigenvalue weighted by molar-refractivity contribution is 7.92. The van der Waals surface area contributed by atoms with E-state index in [1.54, 1.807) is 37.3 Å². The fourth-order valence-electron chi connectivity index (χ4n) is 2.24. The third kappa shape index (κ3) is 6.15. The smallest absolute Gasteiger partial charge is 0.261 e. The van der Waals surface area contributed by atoms with Crippen LogP contribution in [0.25, 0.3) is 0 Å². The highest BCUT2D eigenvalue weighted by atomic mass is 35.5. The molecule has 0 aromatic heterocycles. The third-order valence-electron chi connectivity index (χ3n) is 3.93. The Labute approximate surface area is 164 Å². The molecule has 1 atom stereocenters. The Balaban J connectivity index is 2.06. The van der Waals surface area contributed by atoms with Gasteiger partial charge in [0.15, 0.2) is 6.61 Å². The third-order valence-corrected chi connectivity index (χ3v) is 5.56. The molecule has 0 aliphatic rings. The normalized spacial score (nSPS) is 12.3. The van der Waals surface area contributed by atoms with Crippen LogP contribution in [-0.2, 0) is 14.8 Å². The van der Waals surface area contributed by atoms with Crippen LogP contribution in [0.3, 0.4) is 0 Å². The van der Waals surface area contributed by atoms with Crippen molar-refractivity contribution >= 4 is 33.2 Å². The molecule has 27 heavy (non-hydrogen) atoms. The second-order valence-electron chi connectivity index (χ2n) is 6.21. The number of sulfonamides is 1. The summed E-state index contributed by atoms with van der Waals surface area (Å²) in [6.07, 6.45) is 0.831. The summed E-state index contributed by atoms with van der Waals surface area (Å²) in [6, 6.07) is 10.9. The summed E-state index contributed by atoms with van der Waals surface area (Å²) < 4.78 is 33.0. The number of anilines is 1. The number of amides is 1. The molecule has 0 unspecified atom stereocenters. The molecule has 0 aliphatic carbocycles. The van der Waals surface area contributed by atoms with Crippen molar-refractivity contribution in [2.75, 3.05) is 11.3 Å². The summed E-state index contributed by atoms with van der Waals surface area (Å²) in [7, 11) is -3.74. The topological polar surface area (TPSA) is 84.5 Å². The van der Waals surface area contributed by atoms with E-state index in [0.717, 1.165) is 6.42 Å². The Hall–Kier alpha value is -2.25. The Morgan fingerprint density at radius 2 is 1.85 bits per heavy atom. The molecular weight excluding hydrogens is 388 g/mol. The van der Waals surface area contributed by atoms with Crippen molar-refractivity contribution in [1.82, 2.24) is 5.32 Å². The van der Waals surface area contributed by atoms with Gasteiger partial charge in [-0.2, -0.15) is 0 Å². The van der Waals surface area contributed by atoms with Crippen LogP contribution in [0, 0.1) is 6.92 Å². The Morgan fingerprint density at radius 3 is 2.44 bits per heavy atom. The monoisotopic (exact) mass is 410 g/mol. The molecule has 0 saturated heterocycles. The number of hydrogen-bond acceptors (Lipinski definition) is 4. The van der Waals surface area contributed by atoms with E-state index in [0.29, 0.717) is 22.0 Å². The van der Waals surface area contributed by atoms with Gasteiger partial charge < -0.3 is 10.1 Å². The van der Waals surface area contributed by atoms with Gasteiger partial charge in [0.2, 0.25) is 0 Å². The average molecular weight is 411 g/mol. The molecule has 0 spiro atoms. The minimum absolute atomic E-state index is 0.0775. The largest absolute Gasteiger partial charge is 0.484 e. The fraction of sp³-hybridized carbons (Fsp3) is 0.316. The molecular formula is C19H23ClN2O4S. The van der Waals surface area contributed by atoms with Gasteiger partial charge in [0, 0.05) is 16.8 Å². The number of carbonyl (C=O) groups excluding carboxylic acids is 1. The maximum atomic E-state index is 12.5. The van der Waals surface area contributed by atoms with Crippen LogP contribution in [0.4, 0.5) is 5.69 Å². The van der Waals surface area contributed by atoms with E-state index >= 15 is 0 Å². The first-order chi connectivity index (χ1) is 12.7. The molecule has 0 bridgehead atoms. The summed E-state index contributed by atoms with van der Waals surface area (Å²) in [6.45, 7) is 5.49. The maximum absolute atomic E-state index is 12.5. The van der Waals surface area contributed by atoms with Crippen LogP contribution in [-0.4, -0.2) is 27.0 Å². The molecule has 0 aliphatic heterocycles. The molecule has 2 aromatic carbocycles. The van der Waals surface area contributed by atoms with E-state index in [2.05, 4.69) is 10.0 Å². The zero-order valence-corrected chi connectivity index (χ0v) is 17.0. The fourth-order valence-corrected chi connectivity index (χ4v) is 3.51. The van der Waals surface area contributed by atoms with E-state index in [1.165, 1.54) is 12.1 Å². The van der Waals surface area contributed by atoms with E-state index in [9.17, 15) is 13.2 Å². The van der Waals surface area contributed by atoms with Crippen LogP contribution >= 0.6 is 11.6 Å². The lowest BCUT2D eigenvalue weighted by Crippen LogP contribution is -2.35. The molecule has 2 rings (SSSR count). The van der Waals surface area contributed by atoms with Crippen molar-refractivity contribution in [2.24, 2.45) is 0 Å². The minimum atomic E-state index is -3.74. The van der Waals surface area contributed by atoms with Gasteiger partial charge in [0.1, 0.15) is 5.75 Å². The molecule has 8 heteroatoms. The first kappa shape index (κ1) is 21.1. The van der Waals surface area contributed by atoms with Crippen molar-refractivity contribution in [3.8, 4) is 5.75 Å². The van der Waals surface area contributed by atoms with Crippen LogP contribution in [0.5, 0.6) is 5.75 Å². The lowest BCUT2D eigenvalue weighted by atomic mass is 10.2. The Morgan fingerprint density at radius 1 is 1.19 bits per heavy atom. The molecule has 2 aromatic rings. The number of nitrogens with one attached hydrogen (secondary N) is 2. The van der Waals surface area contributed by atoms with Crippen LogP contribution in [0.15, 0.2) is 47.4 Å². The molecule has 146 valence electrons. The van der Waals surface area contributed by atoms with Gasteiger partial charge >= 0.3 is 0 Å². The van der Waals surface area contributed by atoms with Gasteiger partial charge in [-0.05, 0) is 68.3 Å². The molecule has 2 N–H and O–H groups in total. The highest BCUT2D eigenvalue weighted by Crippen LogP contribution is 2.24. The molecule has 0 heterocycles. The average Bonchev–Trinajstić information content (AvgIpc) is 2.62. The number of carbonyl (C=O) groups is 1. The van der Waals surface area contributed by atoms with Crippen molar-refractivity contribution in [1.29, 1.82) is 0 Å². The Kier molecular flexibility index (Phi) is 7.10. The second kappa shape index (κ2) is 9.10. The van der Waals surface area contributed by atoms with E-state index in [4.69, 9.17) is 16.3 Å². The van der Waals surface area contributed by atoms with Gasteiger partial charge in [0.25, 0.3) is 15.9 Å². The molecule has 0 radical (unpaired) electrons. The Bertz CT molecular complexity index is 898. The number of ether oxygens (including phenoxy) is 1. The van der Waals surface area contributed by atoms with Crippen molar-refractivity contribution in [3.63, 3.8) is 0 Å². The summed E-state index contributed by atoms with van der Waals surface area (Å²) in [5, 5.41) is 3.33. The minimum Gasteiger partial charge on any atom is -0.484 e. The van der Waals surface area contributed by atoms with Crippen molar-refractivity contribution < 1.29 is 17.9 Å². The van der Waals surface area contributed by atoms with Crippen LogP contribution in [0.1, 0.15) is 25.8 Å². The van der Waals surface area contributed by atoms with Crippen molar-refractivity contribution in [3.05, 3.63) is 53.1 Å². The maximum Gasteiger partial charge on any atom is 0.261 e. The lowest BCUT2D eigenvalue weighted by Gasteiger charge is -2.14. The van der Waals surface area contributed by atoms with Crippen molar-refractivity contribution in [2.45, 2.75) is 38.1 Å². The summed E-state index contributed by atoms with van der Waals surface area (Å²) in [4.78, 5) is 11.9. The first-order valence-electron chi connectivity index (χ1n) is 8.52. The molecule has 1 amide bonds. The zero-order valence-electron chi connectivity index (χ0n) is 15.5. The number of hydrogen-bond donors (Lipinski definition) is 2. The number of rotatable bonds is 8. The van der Waals surface area contributed by atoms with Gasteiger partial charge in [-0.15, -0.1) is 0 Å². The number of aryl methyl sites for hydroxylation is 1. The molecule has 6 nitrogen and oxygen atoms in total. The zero-order chi connectivity index (χ0) is 20.0. The number of halogens is 1. The van der Waals surface area contributed by atoms with Gasteiger partial charge in [-0.1, -0.05) is 18.5 Å². The quantitative estimate of drug-likeness (QED) is 0.694. The predicted octanol–water partition coefficient (Wildman–Crippen LogP) is 3.74. The van der Waals surface area contributed by atoms with Crippen LogP contribution in [0.2, 0.25) is 5.02 Å². The molecule has 0 saturated carbocycles. The SMILES string of the molecule is CC[C@@H](C)NC(=O)COc1ccc(S(=O)(=O)Nc2ccc(Cl)cc2)cc1C. The summed E-state index contributed by atoms with van der Waals surface area (Å²) in [5.41, 5.74) is 1.03. The highest BCUT2D eigenvalue weighted by Gasteiger charge is 2.16. The summed E-state index contributed by atoms with van der Waals surface area (Å²) >= 11 is 5.81. The summed E-state index contributed by atoms with van der Waals surface area (Å²) in [5.74, 6) is 0.240. The van der Waals surface area contributed by atoms with E-state index in [1.807, 2.05) is 13.8 Å². The van der Waals surface area contributed by atoms with E-state index < -0.39 is 10.0 Å². The first-order valence-corrected chi connectivity index (χ1v) is 10.4.